The highest BCUT2D eigenvalue weighted by atomic mass is 32.2. The Kier molecular flexibility index (Phi) is 8.35. The fourth-order valence-electron chi connectivity index (χ4n) is 3.84. The highest BCUT2D eigenvalue weighted by Crippen LogP contribution is 2.40. The topological polar surface area (TPSA) is 130 Å². The van der Waals surface area contributed by atoms with Gasteiger partial charge in [0.1, 0.15) is 11.9 Å². The second-order valence-electron chi connectivity index (χ2n) is 10.0. The summed E-state index contributed by atoms with van der Waals surface area (Å²) in [5, 5.41) is 19.5. The van der Waals surface area contributed by atoms with E-state index in [1.807, 2.05) is 0 Å². The van der Waals surface area contributed by atoms with Crippen LogP contribution in [0.3, 0.4) is 0 Å². The molecule has 9 nitrogen and oxygen atoms in total. The molecule has 2 N–H and O–H groups in total. The SMILES string of the molecule is CC(C)(OC(=O)Cc1ccc2c(c1)N(S(=O)(=O)c1cccc(C(F)(F)F)c1)C[C@H](C[C@@](C)(O)C(=O)O)O2)C(F)(F)F. The van der Waals surface area contributed by atoms with Crippen LogP contribution in [-0.4, -0.2) is 60.6 Å². The fourth-order valence-corrected chi connectivity index (χ4v) is 5.38. The van der Waals surface area contributed by atoms with Crippen LogP contribution in [0.5, 0.6) is 5.75 Å². The van der Waals surface area contributed by atoms with E-state index in [0.29, 0.717) is 30.3 Å². The van der Waals surface area contributed by atoms with E-state index in [9.17, 15) is 54.6 Å². The van der Waals surface area contributed by atoms with Crippen LogP contribution in [-0.2, 0) is 36.9 Å². The molecule has 0 fully saturated rings. The van der Waals surface area contributed by atoms with Crippen molar-refractivity contribution in [2.45, 2.75) is 68.2 Å². The number of hydrogen-bond donors (Lipinski definition) is 2. The highest BCUT2D eigenvalue weighted by Gasteiger charge is 2.51. The molecule has 2 atom stereocenters. The van der Waals surface area contributed by atoms with Crippen molar-refractivity contribution in [3.05, 3.63) is 53.6 Å². The van der Waals surface area contributed by atoms with E-state index in [2.05, 4.69) is 4.74 Å². The summed E-state index contributed by atoms with van der Waals surface area (Å²) in [6.45, 7) is 1.56. The maximum atomic E-state index is 13.6. The lowest BCUT2D eigenvalue weighted by molar-refractivity contribution is -0.257. The van der Waals surface area contributed by atoms with Crippen molar-refractivity contribution in [3.63, 3.8) is 0 Å². The Morgan fingerprint density at radius 1 is 1.05 bits per heavy atom. The minimum Gasteiger partial charge on any atom is -0.486 e. The number of nitrogens with zero attached hydrogens (tertiary/aromatic N) is 1. The number of carbonyl (C=O) groups excluding carboxylic acids is 1. The third kappa shape index (κ3) is 7.04. The summed E-state index contributed by atoms with van der Waals surface area (Å²) in [5.74, 6) is -3.15. The van der Waals surface area contributed by atoms with Gasteiger partial charge in [0.25, 0.3) is 10.0 Å². The maximum Gasteiger partial charge on any atom is 0.427 e. The number of aliphatic hydroxyl groups is 1. The molecular formula is C25H25F6NO8S. The fraction of sp³-hybridized carbons (Fsp3) is 0.440. The lowest BCUT2D eigenvalue weighted by Gasteiger charge is -2.37. The number of anilines is 1. The number of alkyl halides is 6. The molecule has 0 unspecified atom stereocenters. The van der Waals surface area contributed by atoms with E-state index in [0.717, 1.165) is 31.2 Å². The van der Waals surface area contributed by atoms with Crippen LogP contribution in [0.15, 0.2) is 47.4 Å². The molecule has 41 heavy (non-hydrogen) atoms. The third-order valence-corrected chi connectivity index (χ3v) is 7.97. The Balaban J connectivity index is 2.05. The van der Waals surface area contributed by atoms with Crippen molar-refractivity contribution in [1.82, 2.24) is 0 Å². The Morgan fingerprint density at radius 2 is 1.68 bits per heavy atom. The zero-order valence-electron chi connectivity index (χ0n) is 21.7. The van der Waals surface area contributed by atoms with Gasteiger partial charge < -0.3 is 19.7 Å². The zero-order valence-corrected chi connectivity index (χ0v) is 22.5. The largest absolute Gasteiger partial charge is 0.486 e. The molecule has 226 valence electrons. The van der Waals surface area contributed by atoms with Crippen molar-refractivity contribution < 1.29 is 64.0 Å². The van der Waals surface area contributed by atoms with E-state index in [-0.39, 0.29) is 17.0 Å². The first kappa shape index (κ1) is 32.0. The standard InChI is InChI=1S/C25H25F6NO8S/c1-22(2,25(29,30)31)40-20(33)10-14-7-8-19-18(9-14)32(13-16(39-19)12-23(3,36)21(34)35)41(37,38)17-6-4-5-15(11-17)24(26,27)28/h4-9,11,16,36H,10,12-13H2,1-3H3,(H,34,35)/t16-,23+/m0/s1. The summed E-state index contributed by atoms with van der Waals surface area (Å²) in [6.07, 6.45) is -12.4. The summed E-state index contributed by atoms with van der Waals surface area (Å²) >= 11 is 0. The summed E-state index contributed by atoms with van der Waals surface area (Å²) in [4.78, 5) is 22.9. The first-order valence-electron chi connectivity index (χ1n) is 11.8. The summed E-state index contributed by atoms with van der Waals surface area (Å²) in [6, 6.07) is 6.28. The molecule has 1 heterocycles. The number of benzene rings is 2. The van der Waals surface area contributed by atoms with Gasteiger partial charge in [-0.2, -0.15) is 26.3 Å². The molecule has 0 saturated heterocycles. The quantitative estimate of drug-likeness (QED) is 0.333. The van der Waals surface area contributed by atoms with Crippen molar-refractivity contribution >= 4 is 27.6 Å². The molecule has 2 aromatic rings. The van der Waals surface area contributed by atoms with Gasteiger partial charge in [-0.05, 0) is 56.7 Å². The predicted octanol–water partition coefficient (Wildman–Crippen LogP) is 4.31. The molecule has 0 spiro atoms. The van der Waals surface area contributed by atoms with Crippen molar-refractivity contribution in [2.24, 2.45) is 0 Å². The minimum atomic E-state index is -4.88. The van der Waals surface area contributed by atoms with Gasteiger partial charge in [0.2, 0.25) is 5.60 Å². The number of halogens is 6. The number of rotatable bonds is 8. The molecule has 3 rings (SSSR count). The molecule has 0 radical (unpaired) electrons. The lowest BCUT2D eigenvalue weighted by Crippen LogP contribution is -2.48. The molecule has 16 heteroatoms. The predicted molar refractivity (Wildman–Crippen MR) is 130 cm³/mol. The van der Waals surface area contributed by atoms with Gasteiger partial charge in [-0.15, -0.1) is 0 Å². The first-order chi connectivity index (χ1) is 18.5. The molecule has 0 aromatic heterocycles. The van der Waals surface area contributed by atoms with Gasteiger partial charge in [0.05, 0.1) is 29.1 Å². The van der Waals surface area contributed by atoms with Gasteiger partial charge in [0.15, 0.2) is 5.60 Å². The third-order valence-electron chi connectivity index (χ3n) is 6.19. The number of fused-ring (bicyclic) bond motifs is 1. The first-order valence-corrected chi connectivity index (χ1v) is 13.2. The van der Waals surface area contributed by atoms with Crippen LogP contribution in [0.1, 0.15) is 38.3 Å². The zero-order chi connectivity index (χ0) is 31.2. The Bertz CT molecular complexity index is 1440. The van der Waals surface area contributed by atoms with Gasteiger partial charge >= 0.3 is 24.3 Å². The number of ether oxygens (including phenoxy) is 2. The van der Waals surface area contributed by atoms with Crippen LogP contribution in [0, 0.1) is 0 Å². The average Bonchev–Trinajstić information content (AvgIpc) is 2.81. The van der Waals surface area contributed by atoms with Crippen LogP contribution in [0.25, 0.3) is 0 Å². The Hall–Kier alpha value is -3.53. The number of aliphatic carboxylic acids is 1. The maximum absolute atomic E-state index is 13.6. The van der Waals surface area contributed by atoms with Gasteiger partial charge in [-0.25, -0.2) is 13.2 Å². The van der Waals surface area contributed by atoms with E-state index in [1.54, 1.807) is 0 Å². The van der Waals surface area contributed by atoms with Crippen LogP contribution >= 0.6 is 0 Å². The highest BCUT2D eigenvalue weighted by molar-refractivity contribution is 7.92. The number of sulfonamides is 1. The number of carbonyl (C=O) groups is 2. The minimum absolute atomic E-state index is 0.0180. The summed E-state index contributed by atoms with van der Waals surface area (Å²) < 4.78 is 117. The summed E-state index contributed by atoms with van der Waals surface area (Å²) in [7, 11) is -4.80. The molecule has 0 bridgehead atoms. The van der Waals surface area contributed by atoms with Crippen molar-refractivity contribution in [1.29, 1.82) is 0 Å². The summed E-state index contributed by atoms with van der Waals surface area (Å²) in [5.41, 5.74) is -6.76. The molecule has 1 aliphatic rings. The number of carboxylic acid groups (broad SMARTS) is 1. The Labute approximate surface area is 230 Å². The number of esters is 1. The number of carboxylic acids is 1. The molecule has 0 aliphatic carbocycles. The van der Waals surface area contributed by atoms with Gasteiger partial charge in [0, 0.05) is 6.42 Å². The monoisotopic (exact) mass is 613 g/mol. The van der Waals surface area contributed by atoms with E-state index >= 15 is 0 Å². The second kappa shape index (κ2) is 10.7. The van der Waals surface area contributed by atoms with Crippen LogP contribution < -0.4 is 9.04 Å². The van der Waals surface area contributed by atoms with Crippen LogP contribution in [0.2, 0.25) is 0 Å². The molecular weight excluding hydrogens is 588 g/mol. The molecule has 2 aromatic carbocycles. The van der Waals surface area contributed by atoms with E-state index < -0.39 is 81.5 Å². The smallest absolute Gasteiger partial charge is 0.427 e. The van der Waals surface area contributed by atoms with Crippen LogP contribution in [0.4, 0.5) is 32.0 Å². The number of hydrogen-bond acceptors (Lipinski definition) is 7. The van der Waals surface area contributed by atoms with E-state index in [1.165, 1.54) is 6.07 Å². The van der Waals surface area contributed by atoms with E-state index in [4.69, 9.17) is 4.74 Å². The van der Waals surface area contributed by atoms with Gasteiger partial charge in [-0.3, -0.25) is 9.10 Å². The average molecular weight is 614 g/mol. The normalized spacial score (nSPS) is 17.7. The molecule has 1 aliphatic heterocycles. The Morgan fingerprint density at radius 3 is 2.24 bits per heavy atom. The molecule has 0 amide bonds. The molecule has 0 saturated carbocycles. The lowest BCUT2D eigenvalue weighted by atomic mass is 9.97. The van der Waals surface area contributed by atoms with Gasteiger partial charge in [-0.1, -0.05) is 12.1 Å². The van der Waals surface area contributed by atoms with Crippen molar-refractivity contribution in [2.75, 3.05) is 10.8 Å². The van der Waals surface area contributed by atoms with Crippen molar-refractivity contribution in [3.8, 4) is 5.75 Å². The second-order valence-corrected chi connectivity index (χ2v) is 11.9.